The molecule has 0 aliphatic carbocycles. The molecule has 0 bridgehead atoms. The normalized spacial score (nSPS) is 12.4. The van der Waals surface area contributed by atoms with E-state index in [2.05, 4.69) is 30.8 Å². The minimum Gasteiger partial charge on any atom is -0.243 e. The molecular weight excluding hydrogens is 235 g/mol. The first kappa shape index (κ1) is 13.5. The summed E-state index contributed by atoms with van der Waals surface area (Å²) >= 11 is 0. The van der Waals surface area contributed by atoms with Crippen molar-refractivity contribution in [3.8, 4) is 0 Å². The van der Waals surface area contributed by atoms with Gasteiger partial charge in [-0.25, -0.2) is 4.39 Å². The molecule has 2 aromatic carbocycles. The number of allylic oxidation sites excluding steroid dienone is 1. The highest BCUT2D eigenvalue weighted by atomic mass is 19.1. The lowest BCUT2D eigenvalue weighted by molar-refractivity contribution is 0.349. The number of benzene rings is 2. The highest BCUT2D eigenvalue weighted by Crippen LogP contribution is 2.31. The van der Waals surface area contributed by atoms with Gasteiger partial charge >= 0.3 is 0 Å². The molecule has 0 aliphatic rings. The van der Waals surface area contributed by atoms with Crippen LogP contribution in [0.2, 0.25) is 0 Å². The standard InChI is InChI=1S/C18H19F/c1-14(2)18(19)13-17(15-9-5-3-6-10-15)16-11-7-4-8-12-16/h3-12,17-18H,1,13H2,2H3/t18-/m0/s1. The summed E-state index contributed by atoms with van der Waals surface area (Å²) in [7, 11) is 0. The zero-order chi connectivity index (χ0) is 13.7. The molecule has 0 aliphatic heterocycles. The van der Waals surface area contributed by atoms with Gasteiger partial charge in [-0.3, -0.25) is 0 Å². The SMILES string of the molecule is C=C(C)[C@@H](F)CC(c1ccccc1)c1ccccc1. The van der Waals surface area contributed by atoms with Crippen molar-refractivity contribution in [3.05, 3.63) is 83.9 Å². The maximum Gasteiger partial charge on any atom is 0.122 e. The molecule has 98 valence electrons. The van der Waals surface area contributed by atoms with Crippen LogP contribution in [0.4, 0.5) is 4.39 Å². The topological polar surface area (TPSA) is 0 Å². The van der Waals surface area contributed by atoms with Gasteiger partial charge in [0, 0.05) is 5.92 Å². The second kappa shape index (κ2) is 6.33. The lowest BCUT2D eigenvalue weighted by Gasteiger charge is -2.20. The molecule has 2 rings (SSSR count). The van der Waals surface area contributed by atoms with Gasteiger partial charge in [-0.2, -0.15) is 0 Å². The number of hydrogen-bond donors (Lipinski definition) is 0. The van der Waals surface area contributed by atoms with E-state index in [1.807, 2.05) is 36.4 Å². The van der Waals surface area contributed by atoms with Crippen LogP contribution in [0, 0.1) is 0 Å². The molecule has 0 radical (unpaired) electrons. The lowest BCUT2D eigenvalue weighted by atomic mass is 9.86. The Labute approximate surface area is 114 Å². The van der Waals surface area contributed by atoms with Gasteiger partial charge in [-0.05, 0) is 30.0 Å². The molecule has 0 saturated carbocycles. The fraction of sp³-hybridized carbons (Fsp3) is 0.222. The van der Waals surface area contributed by atoms with Crippen LogP contribution in [0.5, 0.6) is 0 Å². The van der Waals surface area contributed by atoms with E-state index >= 15 is 0 Å². The molecule has 2 aromatic rings. The average molecular weight is 254 g/mol. The summed E-state index contributed by atoms with van der Waals surface area (Å²) < 4.78 is 14.0. The quantitative estimate of drug-likeness (QED) is 0.649. The second-order valence-electron chi connectivity index (χ2n) is 4.92. The number of alkyl halides is 1. The van der Waals surface area contributed by atoms with E-state index in [1.165, 1.54) is 0 Å². The van der Waals surface area contributed by atoms with Crippen molar-refractivity contribution < 1.29 is 4.39 Å². The van der Waals surface area contributed by atoms with E-state index in [-0.39, 0.29) is 5.92 Å². The van der Waals surface area contributed by atoms with Crippen LogP contribution < -0.4 is 0 Å². The molecule has 0 spiro atoms. The molecule has 0 amide bonds. The first-order valence-electron chi connectivity index (χ1n) is 6.58. The summed E-state index contributed by atoms with van der Waals surface area (Å²) in [6, 6.07) is 20.2. The van der Waals surface area contributed by atoms with E-state index in [0.29, 0.717) is 12.0 Å². The van der Waals surface area contributed by atoms with Gasteiger partial charge in [0.05, 0.1) is 0 Å². The molecule has 0 saturated heterocycles. The smallest absolute Gasteiger partial charge is 0.122 e. The summed E-state index contributed by atoms with van der Waals surface area (Å²) in [4.78, 5) is 0. The highest BCUT2D eigenvalue weighted by molar-refractivity contribution is 5.32. The largest absolute Gasteiger partial charge is 0.243 e. The molecule has 0 nitrogen and oxygen atoms in total. The van der Waals surface area contributed by atoms with Crippen molar-refractivity contribution in [3.63, 3.8) is 0 Å². The predicted molar refractivity (Wildman–Crippen MR) is 79.1 cm³/mol. The highest BCUT2D eigenvalue weighted by Gasteiger charge is 2.19. The number of hydrogen-bond acceptors (Lipinski definition) is 0. The van der Waals surface area contributed by atoms with Crippen LogP contribution in [-0.2, 0) is 0 Å². The Balaban J connectivity index is 2.32. The van der Waals surface area contributed by atoms with E-state index in [0.717, 1.165) is 11.1 Å². The molecule has 0 heterocycles. The number of halogens is 1. The third-order valence-corrected chi connectivity index (χ3v) is 3.38. The zero-order valence-corrected chi connectivity index (χ0v) is 11.2. The molecule has 0 N–H and O–H groups in total. The van der Waals surface area contributed by atoms with E-state index in [4.69, 9.17) is 0 Å². The predicted octanol–water partition coefficient (Wildman–Crippen LogP) is 5.12. The van der Waals surface area contributed by atoms with Crippen LogP contribution >= 0.6 is 0 Å². The molecule has 0 aromatic heterocycles. The molecule has 0 unspecified atom stereocenters. The summed E-state index contributed by atoms with van der Waals surface area (Å²) in [6.45, 7) is 5.47. The summed E-state index contributed by atoms with van der Waals surface area (Å²) in [6.07, 6.45) is -0.519. The van der Waals surface area contributed by atoms with E-state index in [1.54, 1.807) is 6.92 Å². The van der Waals surface area contributed by atoms with Crippen molar-refractivity contribution >= 4 is 0 Å². The van der Waals surface area contributed by atoms with Gasteiger partial charge in [0.1, 0.15) is 6.17 Å². The van der Waals surface area contributed by atoms with Gasteiger partial charge in [0.15, 0.2) is 0 Å². The molecule has 19 heavy (non-hydrogen) atoms. The Morgan fingerprint density at radius 3 is 1.74 bits per heavy atom. The monoisotopic (exact) mass is 254 g/mol. The molecule has 1 atom stereocenters. The van der Waals surface area contributed by atoms with E-state index in [9.17, 15) is 4.39 Å². The van der Waals surface area contributed by atoms with Gasteiger partial charge in [-0.15, -0.1) is 0 Å². The summed E-state index contributed by atoms with van der Waals surface area (Å²) in [5.41, 5.74) is 2.90. The molecule has 1 heteroatoms. The van der Waals surface area contributed by atoms with Crippen LogP contribution in [0.25, 0.3) is 0 Å². The van der Waals surface area contributed by atoms with Crippen LogP contribution in [-0.4, -0.2) is 6.17 Å². The minimum absolute atomic E-state index is 0.0779. The Bertz CT molecular complexity index is 476. The Hall–Kier alpha value is -1.89. The van der Waals surface area contributed by atoms with Crippen LogP contribution in [0.1, 0.15) is 30.4 Å². The minimum atomic E-state index is -0.967. The average Bonchev–Trinajstić information content (AvgIpc) is 2.46. The van der Waals surface area contributed by atoms with Gasteiger partial charge in [-0.1, -0.05) is 67.2 Å². The van der Waals surface area contributed by atoms with Crippen molar-refractivity contribution in [1.82, 2.24) is 0 Å². The zero-order valence-electron chi connectivity index (χ0n) is 11.2. The van der Waals surface area contributed by atoms with Crippen LogP contribution in [0.3, 0.4) is 0 Å². The molecular formula is C18H19F. The second-order valence-corrected chi connectivity index (χ2v) is 4.92. The third-order valence-electron chi connectivity index (χ3n) is 3.38. The fourth-order valence-corrected chi connectivity index (χ4v) is 2.24. The maximum absolute atomic E-state index is 14.0. The summed E-state index contributed by atoms with van der Waals surface area (Å²) in [5.74, 6) is 0.0779. The Morgan fingerprint density at radius 2 is 1.37 bits per heavy atom. The van der Waals surface area contributed by atoms with Crippen LogP contribution in [0.15, 0.2) is 72.8 Å². The summed E-state index contributed by atoms with van der Waals surface area (Å²) in [5, 5.41) is 0. The number of rotatable bonds is 5. The molecule has 0 fully saturated rings. The van der Waals surface area contributed by atoms with Crippen molar-refractivity contribution in [2.75, 3.05) is 0 Å². The maximum atomic E-state index is 14.0. The Kier molecular flexibility index (Phi) is 4.51. The lowest BCUT2D eigenvalue weighted by Crippen LogP contribution is -2.10. The van der Waals surface area contributed by atoms with E-state index < -0.39 is 6.17 Å². The Morgan fingerprint density at radius 1 is 0.947 bits per heavy atom. The first-order valence-corrected chi connectivity index (χ1v) is 6.58. The van der Waals surface area contributed by atoms with Gasteiger partial charge in [0.25, 0.3) is 0 Å². The first-order chi connectivity index (χ1) is 9.18. The third kappa shape index (κ3) is 3.54. The van der Waals surface area contributed by atoms with Crippen molar-refractivity contribution in [1.29, 1.82) is 0 Å². The van der Waals surface area contributed by atoms with Crippen molar-refractivity contribution in [2.24, 2.45) is 0 Å². The van der Waals surface area contributed by atoms with Crippen molar-refractivity contribution in [2.45, 2.75) is 25.4 Å². The van der Waals surface area contributed by atoms with Gasteiger partial charge < -0.3 is 0 Å². The fourth-order valence-electron chi connectivity index (χ4n) is 2.24. The van der Waals surface area contributed by atoms with Gasteiger partial charge in [0.2, 0.25) is 0 Å².